The van der Waals surface area contributed by atoms with Crippen LogP contribution in [-0.2, 0) is 37.4 Å². The first-order valence-electron chi connectivity index (χ1n) is 8.92. The summed E-state index contributed by atoms with van der Waals surface area (Å²) >= 11 is 2.31. The van der Waals surface area contributed by atoms with Crippen molar-refractivity contribution in [3.05, 3.63) is 57.9 Å². The Bertz CT molecular complexity index is 1140. The zero-order valence-corrected chi connectivity index (χ0v) is 18.8. The van der Waals surface area contributed by atoms with Gasteiger partial charge in [-0.25, -0.2) is 13.4 Å². The summed E-state index contributed by atoms with van der Waals surface area (Å²) in [6.07, 6.45) is 0.0529. The molecule has 0 saturated heterocycles. The summed E-state index contributed by atoms with van der Waals surface area (Å²) in [4.78, 5) is 28.4. The van der Waals surface area contributed by atoms with E-state index in [0.29, 0.717) is 22.1 Å². The van der Waals surface area contributed by atoms with Crippen LogP contribution >= 0.6 is 22.7 Å². The van der Waals surface area contributed by atoms with Gasteiger partial charge in [0.05, 0.1) is 24.9 Å². The molecule has 12 heteroatoms. The van der Waals surface area contributed by atoms with Crippen LogP contribution in [0.15, 0.2) is 51.4 Å². The number of rotatable bonds is 10. The van der Waals surface area contributed by atoms with E-state index >= 15 is 0 Å². The smallest absolute Gasteiger partial charge is 0.321 e. The Kier molecular flexibility index (Phi) is 7.74. The lowest BCUT2D eigenvalue weighted by atomic mass is 10.3. The molecule has 0 aliphatic carbocycles. The maximum atomic E-state index is 12.3. The van der Waals surface area contributed by atoms with Gasteiger partial charge in [0, 0.05) is 5.38 Å². The third kappa shape index (κ3) is 6.59. The number of ether oxygens (including phenoxy) is 2. The standard InChI is InChI=1S/C19H19N3O6S3/c1-27-15-6-3-2-5-14(15)22-16(23)9-17-21-13(12-30-17)11-28-18(24)10-20-31(25,26)19-7-4-8-29-19/h2-8,12,20H,9-11H2,1H3,(H,22,23). The van der Waals surface area contributed by atoms with Crippen LogP contribution in [0, 0.1) is 0 Å². The molecular formula is C19H19N3O6S3. The summed E-state index contributed by atoms with van der Waals surface area (Å²) in [5.41, 5.74) is 1.03. The number of benzene rings is 1. The number of methoxy groups -OCH3 is 1. The first kappa shape index (κ1) is 22.9. The van der Waals surface area contributed by atoms with Gasteiger partial charge in [-0.3, -0.25) is 9.59 Å². The summed E-state index contributed by atoms with van der Waals surface area (Å²) in [6.45, 7) is -0.608. The summed E-state index contributed by atoms with van der Waals surface area (Å²) in [6, 6.07) is 10.1. The molecule has 0 bridgehead atoms. The first-order chi connectivity index (χ1) is 14.9. The Morgan fingerprint density at radius 1 is 1.13 bits per heavy atom. The van der Waals surface area contributed by atoms with Crippen LogP contribution in [0.5, 0.6) is 5.75 Å². The second-order valence-corrected chi connectivity index (χ2v) is 9.96. The Balaban J connectivity index is 1.45. The quantitative estimate of drug-likeness (QED) is 0.426. The van der Waals surface area contributed by atoms with Gasteiger partial charge in [-0.15, -0.1) is 22.7 Å². The molecule has 0 saturated carbocycles. The van der Waals surface area contributed by atoms with Gasteiger partial charge in [-0.05, 0) is 23.6 Å². The number of hydrogen-bond donors (Lipinski definition) is 2. The Morgan fingerprint density at radius 2 is 1.94 bits per heavy atom. The molecule has 3 aromatic rings. The molecule has 0 aliphatic heterocycles. The van der Waals surface area contributed by atoms with E-state index in [2.05, 4.69) is 15.0 Å². The van der Waals surface area contributed by atoms with Crippen molar-refractivity contribution in [2.75, 3.05) is 19.0 Å². The van der Waals surface area contributed by atoms with Gasteiger partial charge in [0.1, 0.15) is 28.1 Å². The van der Waals surface area contributed by atoms with Crippen LogP contribution in [-0.4, -0.2) is 38.9 Å². The van der Waals surface area contributed by atoms with E-state index in [9.17, 15) is 18.0 Å². The maximum absolute atomic E-state index is 12.3. The molecule has 1 amide bonds. The molecule has 0 atom stereocenters. The number of carbonyl (C=O) groups is 2. The number of hydrogen-bond acceptors (Lipinski definition) is 9. The van der Waals surface area contributed by atoms with Crippen molar-refractivity contribution in [1.82, 2.24) is 9.71 Å². The third-order valence-electron chi connectivity index (χ3n) is 3.84. The lowest BCUT2D eigenvalue weighted by molar-refractivity contribution is -0.143. The average molecular weight is 482 g/mol. The molecule has 1 aromatic carbocycles. The van der Waals surface area contributed by atoms with Gasteiger partial charge in [-0.2, -0.15) is 4.72 Å². The van der Waals surface area contributed by atoms with Crippen LogP contribution in [0.25, 0.3) is 0 Å². The maximum Gasteiger partial charge on any atom is 0.321 e. The molecule has 2 heterocycles. The summed E-state index contributed by atoms with van der Waals surface area (Å²) in [5.74, 6) is -0.439. The van der Waals surface area contributed by atoms with Crippen molar-refractivity contribution in [2.45, 2.75) is 17.2 Å². The summed E-state index contributed by atoms with van der Waals surface area (Å²) in [5, 5.41) is 6.62. The van der Waals surface area contributed by atoms with Crippen LogP contribution in [0.3, 0.4) is 0 Å². The highest BCUT2D eigenvalue weighted by molar-refractivity contribution is 7.91. The normalized spacial score (nSPS) is 11.1. The monoisotopic (exact) mass is 481 g/mol. The molecule has 2 N–H and O–H groups in total. The minimum Gasteiger partial charge on any atom is -0.495 e. The highest BCUT2D eigenvalue weighted by Crippen LogP contribution is 2.23. The van der Waals surface area contributed by atoms with Gasteiger partial charge in [0.15, 0.2) is 0 Å². The van der Waals surface area contributed by atoms with Gasteiger partial charge in [-0.1, -0.05) is 18.2 Å². The highest BCUT2D eigenvalue weighted by atomic mass is 32.2. The molecule has 0 fully saturated rings. The second kappa shape index (κ2) is 10.5. The number of carbonyl (C=O) groups excluding carboxylic acids is 2. The molecule has 3 rings (SSSR count). The van der Waals surface area contributed by atoms with Crippen molar-refractivity contribution in [3.8, 4) is 5.75 Å². The van der Waals surface area contributed by atoms with E-state index in [0.717, 1.165) is 11.3 Å². The van der Waals surface area contributed by atoms with Crippen molar-refractivity contribution < 1.29 is 27.5 Å². The molecule has 9 nitrogen and oxygen atoms in total. The topological polar surface area (TPSA) is 124 Å². The number of nitrogens with one attached hydrogen (secondary N) is 2. The fourth-order valence-corrected chi connectivity index (χ4v) is 5.21. The van der Waals surface area contributed by atoms with Gasteiger partial charge >= 0.3 is 5.97 Å². The minimum absolute atomic E-state index is 0.0529. The largest absolute Gasteiger partial charge is 0.495 e. The molecule has 0 spiro atoms. The molecule has 164 valence electrons. The lowest BCUT2D eigenvalue weighted by Crippen LogP contribution is -2.30. The Hall–Kier alpha value is -2.80. The SMILES string of the molecule is COc1ccccc1NC(=O)Cc1nc(COC(=O)CNS(=O)(=O)c2cccs2)cs1. The van der Waals surface area contributed by atoms with Gasteiger partial charge < -0.3 is 14.8 Å². The zero-order valence-electron chi connectivity index (χ0n) is 16.4. The van der Waals surface area contributed by atoms with Crippen molar-refractivity contribution in [2.24, 2.45) is 0 Å². The second-order valence-electron chi connectivity index (χ2n) is 6.08. The van der Waals surface area contributed by atoms with Gasteiger partial charge in [0.25, 0.3) is 10.0 Å². The van der Waals surface area contributed by atoms with E-state index < -0.39 is 22.5 Å². The van der Waals surface area contributed by atoms with Crippen molar-refractivity contribution >= 4 is 50.3 Å². The summed E-state index contributed by atoms with van der Waals surface area (Å²) < 4.78 is 36.5. The molecule has 0 aliphatic rings. The van der Waals surface area contributed by atoms with Crippen molar-refractivity contribution in [1.29, 1.82) is 0 Å². The van der Waals surface area contributed by atoms with Crippen molar-refractivity contribution in [3.63, 3.8) is 0 Å². The number of esters is 1. The van der Waals surface area contributed by atoms with E-state index in [4.69, 9.17) is 9.47 Å². The summed E-state index contributed by atoms with van der Waals surface area (Å²) in [7, 11) is -2.21. The molecule has 0 radical (unpaired) electrons. The number of para-hydroxylation sites is 2. The number of nitrogens with zero attached hydrogens (tertiary/aromatic N) is 1. The zero-order chi connectivity index (χ0) is 22.3. The minimum atomic E-state index is -3.73. The number of anilines is 1. The average Bonchev–Trinajstić information content (AvgIpc) is 3.44. The van der Waals surface area contributed by atoms with E-state index in [1.54, 1.807) is 41.1 Å². The Morgan fingerprint density at radius 3 is 2.68 bits per heavy atom. The number of thiazole rings is 1. The predicted molar refractivity (Wildman–Crippen MR) is 117 cm³/mol. The predicted octanol–water partition coefficient (Wildman–Crippen LogP) is 2.42. The molecule has 2 aromatic heterocycles. The molecule has 0 unspecified atom stereocenters. The van der Waals surface area contributed by atoms with E-state index in [1.807, 2.05) is 0 Å². The number of aromatic nitrogens is 1. The fraction of sp³-hybridized carbons (Fsp3) is 0.211. The van der Waals surface area contributed by atoms with Crippen LogP contribution in [0.2, 0.25) is 0 Å². The highest BCUT2D eigenvalue weighted by Gasteiger charge is 2.17. The van der Waals surface area contributed by atoms with Crippen LogP contribution in [0.1, 0.15) is 10.7 Å². The molecule has 31 heavy (non-hydrogen) atoms. The first-order valence-corrected chi connectivity index (χ1v) is 12.2. The molecular weight excluding hydrogens is 462 g/mol. The number of sulfonamides is 1. The number of thiophene rings is 1. The van der Waals surface area contributed by atoms with Crippen LogP contribution in [0.4, 0.5) is 5.69 Å². The fourth-order valence-electron chi connectivity index (χ4n) is 2.42. The number of amides is 1. The Labute approximate surface area is 187 Å². The van der Waals surface area contributed by atoms with Gasteiger partial charge in [0.2, 0.25) is 5.91 Å². The van der Waals surface area contributed by atoms with E-state index in [-0.39, 0.29) is 23.1 Å². The third-order valence-corrected chi connectivity index (χ3v) is 7.54. The van der Waals surface area contributed by atoms with E-state index in [1.165, 1.54) is 24.5 Å². The lowest BCUT2D eigenvalue weighted by Gasteiger charge is -2.08. The van der Waals surface area contributed by atoms with Crippen LogP contribution < -0.4 is 14.8 Å².